The van der Waals surface area contributed by atoms with E-state index in [1.54, 1.807) is 96.3 Å². The van der Waals surface area contributed by atoms with Crippen molar-refractivity contribution in [3.63, 3.8) is 0 Å². The average Bonchev–Trinajstić information content (AvgIpc) is 2.72. The Labute approximate surface area is 193 Å². The van der Waals surface area contributed by atoms with Crippen LogP contribution in [-0.4, -0.2) is 28.5 Å². The molecule has 3 fully saturated rings. The number of carbonyl (C=O) groups excluding carboxylic acids is 2. The van der Waals surface area contributed by atoms with E-state index in [1.807, 2.05) is 0 Å². The summed E-state index contributed by atoms with van der Waals surface area (Å²) in [7, 11) is -0.0465. The first-order chi connectivity index (χ1) is 13.6. The molecule has 1 radical (unpaired) electrons. The first-order valence-electron chi connectivity index (χ1n) is 11.5. The van der Waals surface area contributed by atoms with Gasteiger partial charge >= 0.3 is 11.3 Å². The van der Waals surface area contributed by atoms with Gasteiger partial charge < -0.3 is 9.59 Å². The molecule has 0 aromatic rings. The molecule has 3 nitrogen and oxygen atoms in total. The quantitative estimate of drug-likeness (QED) is 0.139. The Bertz CT molecular complexity index is 407. The predicted molar refractivity (Wildman–Crippen MR) is 119 cm³/mol. The van der Waals surface area contributed by atoms with Crippen molar-refractivity contribution in [1.82, 2.24) is 0 Å². The van der Waals surface area contributed by atoms with Crippen molar-refractivity contribution >= 4 is 19.5 Å². The molecule has 0 spiro atoms. The molecule has 0 N–H and O–H groups in total. The SMILES string of the molecule is C1CCC([PH+](C2CCCCC2)C2CCCCC2)CC1.CC(=O)[CH-]C(C)=O.[C-]#[O+].[Rh]. The molecule has 3 aliphatic carbocycles. The van der Waals surface area contributed by atoms with Crippen LogP contribution >= 0.6 is 7.92 Å². The van der Waals surface area contributed by atoms with Gasteiger partial charge in [0.05, 0.1) is 17.0 Å². The van der Waals surface area contributed by atoms with Gasteiger partial charge in [-0.05, 0) is 90.9 Å². The van der Waals surface area contributed by atoms with Gasteiger partial charge in [-0.15, -0.1) is 0 Å². The van der Waals surface area contributed by atoms with Gasteiger partial charge in [0.15, 0.2) is 0 Å². The zero-order chi connectivity index (χ0) is 20.8. The van der Waals surface area contributed by atoms with E-state index >= 15 is 0 Å². The fourth-order valence-electron chi connectivity index (χ4n) is 5.59. The van der Waals surface area contributed by atoms with Gasteiger partial charge in [-0.25, -0.2) is 0 Å². The molecule has 0 heterocycles. The average molecular weight is 511 g/mol. The molecule has 0 saturated heterocycles. The van der Waals surface area contributed by atoms with E-state index < -0.39 is 0 Å². The van der Waals surface area contributed by atoms with E-state index in [9.17, 15) is 9.59 Å². The van der Waals surface area contributed by atoms with E-state index in [2.05, 4.69) is 6.65 Å². The number of carbonyl (C=O) groups is 2. The van der Waals surface area contributed by atoms with E-state index in [-0.39, 0.29) is 39.0 Å². The number of rotatable bonds is 5. The molecular weight excluding hydrogens is 470 g/mol. The third-order valence-corrected chi connectivity index (χ3v) is 11.2. The number of hydrogen-bond acceptors (Lipinski definition) is 2. The Kier molecular flexibility index (Phi) is 17.7. The number of Topliss-reactive ketones (excluding diaryl/α,β-unsaturated/α-hetero) is 2. The van der Waals surface area contributed by atoms with Crippen LogP contribution in [-0.2, 0) is 33.7 Å². The Morgan fingerprint density at radius 1 is 0.655 bits per heavy atom. The maximum absolute atomic E-state index is 9.98. The zero-order valence-corrected chi connectivity index (χ0v) is 21.1. The summed E-state index contributed by atoms with van der Waals surface area (Å²) in [6.45, 7) is 7.20. The van der Waals surface area contributed by atoms with Crippen LogP contribution in [0.3, 0.4) is 0 Å². The summed E-state index contributed by atoms with van der Waals surface area (Å²) in [5.41, 5.74) is 3.68. The molecule has 3 rings (SSSR count). The fourth-order valence-corrected chi connectivity index (χ4v) is 10.8. The molecule has 3 aliphatic rings. The number of hydrogen-bond donors (Lipinski definition) is 0. The molecule has 0 bridgehead atoms. The van der Waals surface area contributed by atoms with Crippen LogP contribution in [0.5, 0.6) is 0 Å². The van der Waals surface area contributed by atoms with Gasteiger partial charge in [-0.2, -0.15) is 0 Å². The predicted octanol–water partition coefficient (Wildman–Crippen LogP) is 6.53. The van der Waals surface area contributed by atoms with E-state index in [0.717, 1.165) is 6.42 Å². The van der Waals surface area contributed by atoms with Crippen LogP contribution in [0.4, 0.5) is 0 Å². The fraction of sp³-hybridized carbons (Fsp3) is 0.833. The number of ketones is 2. The molecule has 0 unspecified atom stereocenters. The molecule has 169 valence electrons. The maximum Gasteiger partial charge on any atom is 0 e. The summed E-state index contributed by atoms with van der Waals surface area (Å²) in [5, 5.41) is 0. The van der Waals surface area contributed by atoms with E-state index in [4.69, 9.17) is 4.65 Å². The second-order valence-electron chi connectivity index (χ2n) is 8.87. The van der Waals surface area contributed by atoms with Crippen molar-refractivity contribution in [3.8, 4) is 0 Å². The second kappa shape index (κ2) is 17.7. The molecule has 29 heavy (non-hydrogen) atoms. The maximum atomic E-state index is 9.98. The minimum absolute atomic E-state index is 0. The van der Waals surface area contributed by atoms with E-state index in [0.29, 0.717) is 0 Å². The Hall–Kier alpha value is 0.00338. The van der Waals surface area contributed by atoms with Crippen molar-refractivity contribution < 1.29 is 33.7 Å². The summed E-state index contributed by atoms with van der Waals surface area (Å²) in [4.78, 5) is 20.0. The van der Waals surface area contributed by atoms with Crippen LogP contribution in [0.2, 0.25) is 0 Å². The minimum Gasteiger partial charge on any atom is 0 e. The van der Waals surface area contributed by atoms with Crippen LogP contribution in [0.15, 0.2) is 0 Å². The van der Waals surface area contributed by atoms with Crippen LogP contribution < -0.4 is 0 Å². The van der Waals surface area contributed by atoms with Crippen LogP contribution in [0.25, 0.3) is 0 Å². The summed E-state index contributed by atoms with van der Waals surface area (Å²) in [6.07, 6.45) is 24.8. The van der Waals surface area contributed by atoms with Crippen molar-refractivity contribution in [2.75, 3.05) is 0 Å². The van der Waals surface area contributed by atoms with Crippen molar-refractivity contribution in [1.29, 1.82) is 0 Å². The first-order valence-corrected chi connectivity index (χ1v) is 13.2. The van der Waals surface area contributed by atoms with Crippen LogP contribution in [0.1, 0.15) is 110 Å². The molecule has 0 amide bonds. The van der Waals surface area contributed by atoms with Gasteiger partial charge in [-0.1, -0.05) is 19.3 Å². The van der Waals surface area contributed by atoms with Crippen LogP contribution in [0, 0.1) is 13.1 Å². The molecule has 0 atom stereocenters. The van der Waals surface area contributed by atoms with Crippen molar-refractivity contribution in [2.24, 2.45) is 0 Å². The summed E-state index contributed by atoms with van der Waals surface area (Å²) >= 11 is 0. The second-order valence-corrected chi connectivity index (χ2v) is 12.3. The largest absolute Gasteiger partial charge is 0 e. The molecule has 0 aliphatic heterocycles. The molecule has 3 saturated carbocycles. The molecule has 0 aromatic heterocycles. The third-order valence-electron chi connectivity index (χ3n) is 6.64. The first kappa shape index (κ1) is 29.0. The standard InChI is InChI=1S/C18H33P.C5H7O2.CO.Rh/c1-4-10-16(11-5-1)19(17-12-6-2-7-13-17)18-14-8-3-9-15-18;1-4(6)3-5(2)7;1-2;/h16-18H,1-15H2;3H,1-2H3;;/q;-1;;/p+1. The smallest absolute Gasteiger partial charge is 0 e. The molecular formula is C24H41O3PRh. The monoisotopic (exact) mass is 511 g/mol. The van der Waals surface area contributed by atoms with Crippen molar-refractivity contribution in [2.45, 2.75) is 127 Å². The van der Waals surface area contributed by atoms with Gasteiger partial charge in [0.25, 0.3) is 0 Å². The molecule has 5 heteroatoms. The summed E-state index contributed by atoms with van der Waals surface area (Å²) < 4.78 is 7.50. The normalized spacial score (nSPS) is 20.9. The van der Waals surface area contributed by atoms with Gasteiger partial charge in [0, 0.05) is 39.0 Å². The Balaban J connectivity index is 0.000000675. The zero-order valence-electron chi connectivity index (χ0n) is 18.5. The summed E-state index contributed by atoms with van der Waals surface area (Å²) in [6, 6.07) is 0. The van der Waals surface area contributed by atoms with Gasteiger partial charge in [0.2, 0.25) is 0 Å². The third kappa shape index (κ3) is 11.8. The topological polar surface area (TPSA) is 54.0 Å². The Morgan fingerprint density at radius 3 is 1.07 bits per heavy atom. The minimum atomic E-state index is -0.187. The van der Waals surface area contributed by atoms with Gasteiger partial charge in [0.1, 0.15) is 0 Å². The van der Waals surface area contributed by atoms with E-state index in [1.165, 1.54) is 30.8 Å². The van der Waals surface area contributed by atoms with Gasteiger partial charge in [-0.3, -0.25) is 6.42 Å². The summed E-state index contributed by atoms with van der Waals surface area (Å²) in [5.74, 6) is -0.375. The molecule has 0 aromatic carbocycles. The van der Waals surface area contributed by atoms with Crippen molar-refractivity contribution in [3.05, 3.63) is 13.1 Å². The Morgan fingerprint density at radius 2 is 0.897 bits per heavy atom.